The van der Waals surface area contributed by atoms with Crippen LogP contribution < -0.4 is 14.2 Å². The van der Waals surface area contributed by atoms with Gasteiger partial charge in [0.05, 0.1) is 11.5 Å². The number of ether oxygens (including phenoxy) is 3. The van der Waals surface area contributed by atoms with E-state index in [1.165, 1.54) is 6.07 Å². The maximum atomic E-state index is 12.5. The fraction of sp³-hybridized carbons (Fsp3) is 0.647. The molecule has 0 bridgehead atoms. The Morgan fingerprint density at radius 1 is 1.20 bits per heavy atom. The average molecular weight is 370 g/mol. The Balaban J connectivity index is 1.52. The van der Waals surface area contributed by atoms with Crippen LogP contribution in [0.15, 0.2) is 23.1 Å². The number of likely N-dealkylation sites (tertiary alicyclic amines) is 1. The second-order valence-electron chi connectivity index (χ2n) is 6.44. The molecule has 1 fully saturated rings. The first-order valence-electron chi connectivity index (χ1n) is 8.69. The van der Waals surface area contributed by atoms with Crippen LogP contribution in [0.2, 0.25) is 0 Å². The number of rotatable bonds is 7. The third kappa shape index (κ3) is 4.84. The number of hydrogen-bond donors (Lipinski definition) is 1. The van der Waals surface area contributed by atoms with Gasteiger partial charge in [0.1, 0.15) is 13.2 Å². The highest BCUT2D eigenvalue weighted by Crippen LogP contribution is 2.32. The van der Waals surface area contributed by atoms with Gasteiger partial charge in [-0.2, -0.15) is 0 Å². The molecule has 0 unspecified atom stereocenters. The van der Waals surface area contributed by atoms with E-state index < -0.39 is 10.0 Å². The fourth-order valence-electron chi connectivity index (χ4n) is 3.14. The second kappa shape index (κ2) is 8.35. The molecule has 1 saturated heterocycles. The molecule has 2 aliphatic heterocycles. The van der Waals surface area contributed by atoms with Gasteiger partial charge in [0.2, 0.25) is 10.0 Å². The van der Waals surface area contributed by atoms with E-state index in [0.717, 1.165) is 39.1 Å². The average Bonchev–Trinajstić information content (AvgIpc) is 2.65. The van der Waals surface area contributed by atoms with Crippen molar-refractivity contribution in [3.8, 4) is 11.5 Å². The Morgan fingerprint density at radius 3 is 2.64 bits per heavy atom. The van der Waals surface area contributed by atoms with Gasteiger partial charge in [-0.15, -0.1) is 0 Å². The van der Waals surface area contributed by atoms with Crippen molar-refractivity contribution >= 4 is 10.0 Å². The Bertz CT molecular complexity index is 672. The molecule has 0 spiro atoms. The normalized spacial score (nSPS) is 19.1. The van der Waals surface area contributed by atoms with Crippen molar-refractivity contribution < 1.29 is 22.6 Å². The molecule has 0 radical (unpaired) electrons. The van der Waals surface area contributed by atoms with Crippen molar-refractivity contribution in [3.63, 3.8) is 0 Å². The lowest BCUT2D eigenvalue weighted by Crippen LogP contribution is -2.39. The van der Waals surface area contributed by atoms with Crippen LogP contribution in [0.3, 0.4) is 0 Å². The lowest BCUT2D eigenvalue weighted by atomic mass is 9.97. The molecule has 1 aromatic carbocycles. The molecule has 0 atom stereocenters. The highest BCUT2D eigenvalue weighted by atomic mass is 32.2. The molecule has 1 N–H and O–H groups in total. The number of hydrogen-bond acceptors (Lipinski definition) is 6. The van der Waals surface area contributed by atoms with Crippen LogP contribution in [-0.2, 0) is 14.8 Å². The largest absolute Gasteiger partial charge is 0.486 e. The molecule has 2 aliphatic rings. The van der Waals surface area contributed by atoms with Crippen LogP contribution >= 0.6 is 0 Å². The number of sulfonamides is 1. The van der Waals surface area contributed by atoms with Crippen LogP contribution in [0.4, 0.5) is 0 Å². The molecule has 0 aromatic heterocycles. The summed E-state index contributed by atoms with van der Waals surface area (Å²) in [6.45, 7) is 5.04. The number of nitrogens with one attached hydrogen (secondary N) is 1. The van der Waals surface area contributed by atoms with Crippen LogP contribution in [0, 0.1) is 5.92 Å². The van der Waals surface area contributed by atoms with Crippen molar-refractivity contribution in [1.29, 1.82) is 0 Å². The highest BCUT2D eigenvalue weighted by Gasteiger charge is 2.23. The lowest BCUT2D eigenvalue weighted by molar-refractivity contribution is 0.121. The van der Waals surface area contributed by atoms with E-state index in [-0.39, 0.29) is 4.90 Å². The summed E-state index contributed by atoms with van der Waals surface area (Å²) in [4.78, 5) is 2.57. The van der Waals surface area contributed by atoms with Crippen molar-refractivity contribution in [1.82, 2.24) is 9.62 Å². The first-order chi connectivity index (χ1) is 12.1. The lowest BCUT2D eigenvalue weighted by Gasteiger charge is -2.31. The minimum absolute atomic E-state index is 0.217. The van der Waals surface area contributed by atoms with E-state index in [9.17, 15) is 8.42 Å². The summed E-state index contributed by atoms with van der Waals surface area (Å²) in [5, 5.41) is 0. The van der Waals surface area contributed by atoms with Gasteiger partial charge < -0.3 is 19.1 Å². The maximum Gasteiger partial charge on any atom is 0.240 e. The van der Waals surface area contributed by atoms with Gasteiger partial charge in [0, 0.05) is 26.3 Å². The third-order valence-electron chi connectivity index (χ3n) is 4.70. The summed E-state index contributed by atoms with van der Waals surface area (Å²) in [5.74, 6) is 1.44. The highest BCUT2D eigenvalue weighted by molar-refractivity contribution is 7.89. The monoisotopic (exact) mass is 370 g/mol. The zero-order valence-electron chi connectivity index (χ0n) is 14.6. The van der Waals surface area contributed by atoms with Gasteiger partial charge >= 0.3 is 0 Å². The smallest absolute Gasteiger partial charge is 0.240 e. The quantitative estimate of drug-likeness (QED) is 0.774. The Labute approximate surface area is 149 Å². The molecule has 0 amide bonds. The number of benzene rings is 1. The maximum absolute atomic E-state index is 12.5. The molecular formula is C17H26N2O5S. The number of nitrogens with zero attached hydrogens (tertiary/aromatic N) is 1. The summed E-state index contributed by atoms with van der Waals surface area (Å²) in [6, 6.07) is 4.74. The predicted molar refractivity (Wildman–Crippen MR) is 93.7 cm³/mol. The third-order valence-corrected chi connectivity index (χ3v) is 6.13. The first kappa shape index (κ1) is 18.4. The molecule has 1 aromatic rings. The summed E-state index contributed by atoms with van der Waals surface area (Å²) < 4.78 is 43.8. The summed E-state index contributed by atoms with van der Waals surface area (Å²) >= 11 is 0. The molecular weight excluding hydrogens is 344 g/mol. The zero-order valence-corrected chi connectivity index (χ0v) is 15.4. The van der Waals surface area contributed by atoms with Crippen LogP contribution in [-0.4, -0.2) is 66.4 Å². The van der Waals surface area contributed by atoms with Gasteiger partial charge in [-0.05, 0) is 44.0 Å². The minimum atomic E-state index is -3.54. The topological polar surface area (TPSA) is 77.1 Å². The van der Waals surface area contributed by atoms with E-state index in [1.807, 2.05) is 0 Å². The van der Waals surface area contributed by atoms with Gasteiger partial charge in [-0.25, -0.2) is 13.1 Å². The summed E-state index contributed by atoms with van der Waals surface area (Å²) in [7, 11) is -1.83. The van der Waals surface area contributed by atoms with Gasteiger partial charge in [0.15, 0.2) is 11.5 Å². The van der Waals surface area contributed by atoms with Crippen molar-refractivity contribution in [2.75, 3.05) is 53.1 Å². The second-order valence-corrected chi connectivity index (χ2v) is 8.20. The molecule has 0 aliphatic carbocycles. The molecule has 0 saturated carbocycles. The fourth-order valence-corrected chi connectivity index (χ4v) is 4.27. The molecule has 140 valence electrons. The Hall–Kier alpha value is -1.35. The van der Waals surface area contributed by atoms with Crippen molar-refractivity contribution in [2.24, 2.45) is 5.92 Å². The molecule has 25 heavy (non-hydrogen) atoms. The molecule has 8 heteroatoms. The first-order valence-corrected chi connectivity index (χ1v) is 10.2. The van der Waals surface area contributed by atoms with Gasteiger partial charge in [0.25, 0.3) is 0 Å². The van der Waals surface area contributed by atoms with E-state index in [1.54, 1.807) is 19.2 Å². The van der Waals surface area contributed by atoms with Gasteiger partial charge in [-0.3, -0.25) is 0 Å². The van der Waals surface area contributed by atoms with Crippen LogP contribution in [0.5, 0.6) is 11.5 Å². The molecule has 7 nitrogen and oxygen atoms in total. The number of fused-ring (bicyclic) bond motifs is 1. The SMILES string of the molecule is COCCN1CCC(CNS(=O)(=O)c2ccc3c(c2)OCCO3)CC1. The summed E-state index contributed by atoms with van der Waals surface area (Å²) in [6.07, 6.45) is 1.99. The van der Waals surface area contributed by atoms with Gasteiger partial charge in [-0.1, -0.05) is 0 Å². The molecule has 2 heterocycles. The van der Waals surface area contributed by atoms with Crippen molar-refractivity contribution in [2.45, 2.75) is 17.7 Å². The Kier molecular flexibility index (Phi) is 6.16. The van der Waals surface area contributed by atoms with E-state index >= 15 is 0 Å². The number of piperidine rings is 1. The van der Waals surface area contributed by atoms with Crippen LogP contribution in [0.25, 0.3) is 0 Å². The van der Waals surface area contributed by atoms with Crippen LogP contribution in [0.1, 0.15) is 12.8 Å². The van der Waals surface area contributed by atoms with E-state index in [0.29, 0.717) is 37.2 Å². The number of methoxy groups -OCH3 is 1. The van der Waals surface area contributed by atoms with E-state index in [2.05, 4.69) is 9.62 Å². The Morgan fingerprint density at radius 2 is 1.92 bits per heavy atom. The molecule has 3 rings (SSSR count). The summed E-state index contributed by atoms with van der Waals surface area (Å²) in [5.41, 5.74) is 0. The standard InChI is InChI=1S/C17H26N2O5S/c1-22-9-8-19-6-4-14(5-7-19)13-18-25(20,21)15-2-3-16-17(12-15)24-11-10-23-16/h2-3,12,14,18H,4-11,13H2,1H3. The predicted octanol–water partition coefficient (Wildman–Crippen LogP) is 1.09. The van der Waals surface area contributed by atoms with Crippen molar-refractivity contribution in [3.05, 3.63) is 18.2 Å². The van der Waals surface area contributed by atoms with E-state index in [4.69, 9.17) is 14.2 Å². The minimum Gasteiger partial charge on any atom is -0.486 e. The zero-order chi connectivity index (χ0) is 17.7.